The van der Waals surface area contributed by atoms with Crippen LogP contribution in [0.2, 0.25) is 0 Å². The summed E-state index contributed by atoms with van der Waals surface area (Å²) < 4.78 is 22.2. The minimum absolute atomic E-state index is 0.0123. The van der Waals surface area contributed by atoms with Crippen molar-refractivity contribution in [3.05, 3.63) is 95.1 Å². The van der Waals surface area contributed by atoms with E-state index in [-0.39, 0.29) is 87.3 Å². The van der Waals surface area contributed by atoms with Crippen LogP contribution in [0.15, 0.2) is 72.8 Å². The molecule has 0 saturated carbocycles. The van der Waals surface area contributed by atoms with Crippen molar-refractivity contribution in [3.8, 4) is 11.8 Å². The number of nitrogens with one attached hydrogen (secondary N) is 3. The van der Waals surface area contributed by atoms with Crippen molar-refractivity contribution in [3.63, 3.8) is 0 Å². The Kier molecular flexibility index (Phi) is 23.6. The summed E-state index contributed by atoms with van der Waals surface area (Å²) in [5.41, 5.74) is 9.74. The predicted octanol–water partition coefficient (Wildman–Crippen LogP) is 4.81. The van der Waals surface area contributed by atoms with E-state index in [4.69, 9.17) is 24.7 Å². The molecule has 3 aromatic rings. The number of amides is 5. The zero-order valence-corrected chi connectivity index (χ0v) is 38.1. The number of nitrogens with zero attached hydrogens (tertiary/aromatic N) is 1. The van der Waals surface area contributed by atoms with Crippen molar-refractivity contribution >= 4 is 46.7 Å². The summed E-state index contributed by atoms with van der Waals surface area (Å²) in [6.45, 7) is 6.64. The lowest BCUT2D eigenvalue weighted by Gasteiger charge is -2.26. The third-order valence-electron chi connectivity index (χ3n) is 10.7. The highest BCUT2D eigenvalue weighted by Crippen LogP contribution is 2.26. The van der Waals surface area contributed by atoms with Crippen LogP contribution in [0.4, 0.5) is 16.2 Å². The molecule has 2 atom stereocenters. The molecular weight excluding hydrogens is 847 g/mol. The van der Waals surface area contributed by atoms with E-state index in [0.717, 1.165) is 22.4 Å². The van der Waals surface area contributed by atoms with Crippen molar-refractivity contribution in [1.82, 2.24) is 10.6 Å². The number of aliphatic hydroxyl groups is 1. The molecule has 0 aromatic heterocycles. The van der Waals surface area contributed by atoms with Crippen LogP contribution in [0.5, 0.6) is 0 Å². The molecular formula is C50H65N5O11. The Bertz CT molecular complexity index is 2100. The highest BCUT2D eigenvalue weighted by atomic mass is 16.6. The summed E-state index contributed by atoms with van der Waals surface area (Å²) in [4.78, 5) is 78.4. The smallest absolute Gasteiger partial charge is 0.312 e. The number of nitrogens with two attached hydrogens (primary N) is 1. The number of fused-ring (bicyclic) bond motifs is 2. The van der Waals surface area contributed by atoms with Crippen molar-refractivity contribution in [1.29, 1.82) is 0 Å². The zero-order chi connectivity index (χ0) is 47.5. The molecule has 0 saturated heterocycles. The van der Waals surface area contributed by atoms with Gasteiger partial charge in [0.15, 0.2) is 5.78 Å². The molecule has 0 spiro atoms. The van der Waals surface area contributed by atoms with Crippen LogP contribution >= 0.6 is 0 Å². The molecule has 0 fully saturated rings. The number of primary amides is 1. The SMILES string of the molecule is CC(C)[C@H](NC(=O)CCOCCOCCOCCOCCCC(=O)CCC(=O)N1Cc2ccccc2C#Cc2ccccc21)C(=O)C[C@@H](CCCNC(N)=O)C(=O)Nc1ccc(CO)cc1. The normalized spacial score (nSPS) is 12.6. The lowest BCUT2D eigenvalue weighted by Crippen LogP contribution is -2.45. The summed E-state index contributed by atoms with van der Waals surface area (Å²) in [6.07, 6.45) is 1.76. The number of hydrogen-bond acceptors (Lipinski definition) is 11. The fourth-order valence-electron chi connectivity index (χ4n) is 7.07. The van der Waals surface area contributed by atoms with Crippen molar-refractivity contribution in [2.24, 2.45) is 17.6 Å². The number of carbonyl (C=O) groups excluding carboxylic acids is 6. The van der Waals surface area contributed by atoms with Crippen LogP contribution in [0, 0.1) is 23.7 Å². The number of rotatable bonds is 31. The third kappa shape index (κ3) is 19.3. The lowest BCUT2D eigenvalue weighted by molar-refractivity contribution is -0.131. The number of anilines is 2. The summed E-state index contributed by atoms with van der Waals surface area (Å²) >= 11 is 0. The molecule has 5 amide bonds. The molecule has 66 heavy (non-hydrogen) atoms. The molecule has 1 aliphatic heterocycles. The molecule has 4 rings (SSSR count). The minimum atomic E-state index is -0.817. The Labute approximate surface area is 387 Å². The van der Waals surface area contributed by atoms with E-state index < -0.39 is 18.0 Å². The molecule has 1 aliphatic rings. The Morgan fingerprint density at radius 1 is 0.727 bits per heavy atom. The first-order valence-corrected chi connectivity index (χ1v) is 22.6. The molecule has 0 aliphatic carbocycles. The Balaban J connectivity index is 1.01. The van der Waals surface area contributed by atoms with Gasteiger partial charge in [-0.3, -0.25) is 24.0 Å². The van der Waals surface area contributed by atoms with Crippen LogP contribution < -0.4 is 26.6 Å². The van der Waals surface area contributed by atoms with Gasteiger partial charge in [-0.1, -0.05) is 68.2 Å². The number of aliphatic hydroxyl groups excluding tert-OH is 1. The van der Waals surface area contributed by atoms with Gasteiger partial charge in [0.1, 0.15) is 5.78 Å². The molecule has 6 N–H and O–H groups in total. The first-order chi connectivity index (χ1) is 31.9. The van der Waals surface area contributed by atoms with Crippen molar-refractivity contribution in [2.45, 2.75) is 84.4 Å². The van der Waals surface area contributed by atoms with Gasteiger partial charge in [0.05, 0.1) is 71.1 Å². The fourth-order valence-corrected chi connectivity index (χ4v) is 7.07. The van der Waals surface area contributed by atoms with Gasteiger partial charge in [-0.2, -0.15) is 0 Å². The highest BCUT2D eigenvalue weighted by molar-refractivity contribution is 5.98. The Morgan fingerprint density at radius 2 is 1.35 bits per heavy atom. The zero-order valence-electron chi connectivity index (χ0n) is 38.1. The molecule has 0 radical (unpaired) electrons. The predicted molar refractivity (Wildman–Crippen MR) is 249 cm³/mol. The van der Waals surface area contributed by atoms with Crippen LogP contribution in [-0.2, 0) is 56.1 Å². The number of ketones is 2. The van der Waals surface area contributed by atoms with Gasteiger partial charge >= 0.3 is 6.03 Å². The summed E-state index contributed by atoms with van der Waals surface area (Å²) in [7, 11) is 0. The molecule has 0 unspecified atom stereocenters. The summed E-state index contributed by atoms with van der Waals surface area (Å²) in [6, 6.07) is 20.5. The van der Waals surface area contributed by atoms with Crippen LogP contribution in [0.3, 0.4) is 0 Å². The van der Waals surface area contributed by atoms with Crippen molar-refractivity contribution < 1.29 is 52.8 Å². The first kappa shape index (κ1) is 52.7. The van der Waals surface area contributed by atoms with Crippen LogP contribution in [-0.4, -0.2) is 106 Å². The third-order valence-corrected chi connectivity index (χ3v) is 10.7. The maximum atomic E-state index is 13.5. The lowest BCUT2D eigenvalue weighted by atomic mass is 9.89. The summed E-state index contributed by atoms with van der Waals surface area (Å²) in [5.74, 6) is 4.30. The van der Waals surface area contributed by atoms with E-state index in [9.17, 15) is 33.9 Å². The molecule has 1 heterocycles. The number of hydrogen-bond donors (Lipinski definition) is 5. The number of ether oxygens (including phenoxy) is 4. The minimum Gasteiger partial charge on any atom is -0.392 e. The summed E-state index contributed by atoms with van der Waals surface area (Å²) in [5, 5.41) is 17.4. The standard InChI is InChI=1S/C50H65N5O11/c1-36(2)48(45(58)33-40(12-7-24-52-50(51)62)49(61)53-42-19-15-37(35-56)16-20-42)54-46(59)23-26-64-28-30-66-32-31-65-29-27-63-25-8-13-43(57)21-22-47(60)55-34-41-11-4-3-9-38(41)17-18-39-10-5-6-14-44(39)55/h3-6,9-11,14-16,19-20,36,40,48,56H,7-8,12-13,21-35H2,1-2H3,(H,53,61)(H,54,59)(H3,51,52,62)/t40-,48+/m1/s1. The maximum Gasteiger partial charge on any atom is 0.312 e. The first-order valence-electron chi connectivity index (χ1n) is 22.6. The van der Waals surface area contributed by atoms with E-state index in [1.165, 1.54) is 0 Å². The van der Waals surface area contributed by atoms with E-state index in [1.54, 1.807) is 29.2 Å². The fraction of sp³-hybridized carbons (Fsp3) is 0.480. The van der Waals surface area contributed by atoms with Gasteiger partial charge in [-0.25, -0.2) is 4.79 Å². The maximum absolute atomic E-state index is 13.5. The average molecular weight is 912 g/mol. The Hall–Kier alpha value is -5.96. The molecule has 16 heteroatoms. The van der Waals surface area contributed by atoms with Gasteiger partial charge in [-0.15, -0.1) is 0 Å². The monoisotopic (exact) mass is 911 g/mol. The molecule has 16 nitrogen and oxygen atoms in total. The van der Waals surface area contributed by atoms with E-state index in [0.29, 0.717) is 83.1 Å². The highest BCUT2D eigenvalue weighted by Gasteiger charge is 2.29. The van der Waals surface area contributed by atoms with Gasteiger partial charge in [0, 0.05) is 68.0 Å². The topological polar surface area (TPSA) is 225 Å². The van der Waals surface area contributed by atoms with Gasteiger partial charge in [0.25, 0.3) is 0 Å². The van der Waals surface area contributed by atoms with Gasteiger partial charge in [0.2, 0.25) is 17.7 Å². The molecule has 356 valence electrons. The quantitative estimate of drug-likeness (QED) is 0.0435. The van der Waals surface area contributed by atoms with E-state index in [2.05, 4.69) is 27.8 Å². The molecule has 3 aromatic carbocycles. The average Bonchev–Trinajstić information content (AvgIpc) is 3.30. The van der Waals surface area contributed by atoms with Gasteiger partial charge in [-0.05, 0) is 66.6 Å². The number of urea groups is 1. The van der Waals surface area contributed by atoms with E-state index >= 15 is 0 Å². The number of para-hydroxylation sites is 1. The van der Waals surface area contributed by atoms with Crippen molar-refractivity contribution in [2.75, 3.05) is 69.6 Å². The second-order valence-corrected chi connectivity index (χ2v) is 16.2. The van der Waals surface area contributed by atoms with Gasteiger partial charge < -0.3 is 50.6 Å². The number of benzene rings is 3. The second kappa shape index (κ2) is 29.5. The number of Topliss-reactive ketones (excluding diaryl/α,β-unsaturated/α-hetero) is 2. The Morgan fingerprint density at radius 3 is 2.02 bits per heavy atom. The number of carbonyl (C=O) groups is 6. The largest absolute Gasteiger partial charge is 0.392 e. The van der Waals surface area contributed by atoms with Crippen LogP contribution in [0.1, 0.15) is 87.5 Å². The van der Waals surface area contributed by atoms with E-state index in [1.807, 2.05) is 62.4 Å². The van der Waals surface area contributed by atoms with Crippen LogP contribution in [0.25, 0.3) is 0 Å². The second-order valence-electron chi connectivity index (χ2n) is 16.2. The molecule has 0 bridgehead atoms.